The number of hydrogen-bond acceptors (Lipinski definition) is 12. The highest BCUT2D eigenvalue weighted by atomic mass is 35.5. The van der Waals surface area contributed by atoms with Crippen LogP contribution in [-0.4, -0.2) is 76.6 Å². The Labute approximate surface area is 436 Å². The van der Waals surface area contributed by atoms with Crippen LogP contribution in [0.1, 0.15) is 69.2 Å². The molecule has 374 valence electrons. The predicted octanol–water partition coefficient (Wildman–Crippen LogP) is 11.2. The Morgan fingerprint density at radius 2 is 0.931 bits per heavy atom. The van der Waals surface area contributed by atoms with Crippen LogP contribution in [0.3, 0.4) is 0 Å². The smallest absolute Gasteiger partial charge is 0.399 e. The average molecular weight is 1070 g/mol. The first-order valence-electron chi connectivity index (χ1n) is 22.7. The lowest BCUT2D eigenvalue weighted by Gasteiger charge is -2.32. The van der Waals surface area contributed by atoms with Gasteiger partial charge in [0.05, 0.1) is 16.1 Å². The number of pyridine rings is 2. The molecule has 1 aliphatic heterocycles. The molecular weight excluding hydrogens is 1010 g/mol. The van der Waals surface area contributed by atoms with Crippen molar-refractivity contribution >= 4 is 89.0 Å². The summed E-state index contributed by atoms with van der Waals surface area (Å²) in [5.74, 6) is 0. The molecular formula is C52H54BCl3N8O6S2. The lowest BCUT2D eigenvalue weighted by Crippen LogP contribution is -2.41. The molecule has 8 aromatic rings. The van der Waals surface area contributed by atoms with Gasteiger partial charge in [0.25, 0.3) is 0 Å². The minimum atomic E-state index is -3.75. The van der Waals surface area contributed by atoms with Crippen molar-refractivity contribution in [2.75, 3.05) is 0 Å². The van der Waals surface area contributed by atoms with E-state index in [0.29, 0.717) is 27.0 Å². The van der Waals surface area contributed by atoms with Gasteiger partial charge >= 0.3 is 7.12 Å². The third kappa shape index (κ3) is 12.6. The van der Waals surface area contributed by atoms with Crippen LogP contribution in [0.4, 0.5) is 0 Å². The first kappa shape index (κ1) is 54.3. The maximum absolute atomic E-state index is 12.8. The SMILES string of the molecule is CC(C)(C)NS(=O)(=O)c1cncc(-c2nnc(Cl)c3c(-c4ccccc4)cccc23)c1.CC(C)(C)NS(=O)(=O)c1cncc(B2OC(C)(C)C(C)(C)O2)c1.Clc1nnc(Cl)c2c(-c3ccccc3)cccc12. The van der Waals surface area contributed by atoms with Crippen molar-refractivity contribution in [1.29, 1.82) is 0 Å². The van der Waals surface area contributed by atoms with E-state index in [4.69, 9.17) is 44.1 Å². The van der Waals surface area contributed by atoms with Gasteiger partial charge in [0.2, 0.25) is 20.0 Å². The zero-order valence-electron chi connectivity index (χ0n) is 41.4. The summed E-state index contributed by atoms with van der Waals surface area (Å²) in [6.07, 6.45) is 5.78. The van der Waals surface area contributed by atoms with Gasteiger partial charge in [-0.25, -0.2) is 26.3 Å². The van der Waals surface area contributed by atoms with Gasteiger partial charge in [0, 0.05) is 68.4 Å². The number of sulfonamides is 2. The lowest BCUT2D eigenvalue weighted by molar-refractivity contribution is 0.00578. The zero-order valence-corrected chi connectivity index (χ0v) is 45.3. The number of nitrogens with zero attached hydrogens (tertiary/aromatic N) is 6. The van der Waals surface area contributed by atoms with E-state index in [1.165, 1.54) is 12.4 Å². The number of rotatable bonds is 8. The van der Waals surface area contributed by atoms with Crippen molar-refractivity contribution < 1.29 is 26.1 Å². The van der Waals surface area contributed by atoms with Crippen molar-refractivity contribution in [3.63, 3.8) is 0 Å². The van der Waals surface area contributed by atoms with E-state index in [-0.39, 0.29) is 14.9 Å². The molecule has 20 heteroatoms. The van der Waals surface area contributed by atoms with Gasteiger partial charge in [-0.05, 0) is 104 Å². The number of benzene rings is 4. The largest absolute Gasteiger partial charge is 0.496 e. The molecule has 0 spiro atoms. The molecule has 1 aliphatic rings. The summed E-state index contributed by atoms with van der Waals surface area (Å²) < 4.78 is 67.6. The first-order chi connectivity index (χ1) is 33.7. The summed E-state index contributed by atoms with van der Waals surface area (Å²) in [6.45, 7) is 18.5. The molecule has 0 atom stereocenters. The van der Waals surface area contributed by atoms with E-state index in [0.717, 1.165) is 43.8 Å². The van der Waals surface area contributed by atoms with E-state index in [2.05, 4.69) is 39.8 Å². The van der Waals surface area contributed by atoms with Crippen LogP contribution >= 0.6 is 34.8 Å². The van der Waals surface area contributed by atoms with Gasteiger partial charge in [-0.2, -0.15) is 0 Å². The fourth-order valence-electron chi connectivity index (χ4n) is 7.55. The van der Waals surface area contributed by atoms with E-state index in [9.17, 15) is 16.8 Å². The molecule has 1 fully saturated rings. The van der Waals surface area contributed by atoms with Crippen molar-refractivity contribution in [2.45, 2.75) is 101 Å². The van der Waals surface area contributed by atoms with Gasteiger partial charge in [0.15, 0.2) is 15.5 Å². The fourth-order valence-corrected chi connectivity index (χ4v) is 11.0. The topological polar surface area (TPSA) is 188 Å². The molecule has 0 amide bonds. The molecule has 1 saturated heterocycles. The molecule has 0 radical (unpaired) electrons. The first-order valence-corrected chi connectivity index (χ1v) is 26.8. The third-order valence-electron chi connectivity index (χ3n) is 11.4. The normalized spacial score (nSPS) is 14.6. The highest BCUT2D eigenvalue weighted by molar-refractivity contribution is 7.89. The molecule has 0 bridgehead atoms. The Kier molecular flexibility index (Phi) is 16.0. The Bertz CT molecular complexity index is 3480. The summed E-state index contributed by atoms with van der Waals surface area (Å²) in [6, 6.07) is 34.6. The number of halogens is 3. The van der Waals surface area contributed by atoms with Gasteiger partial charge in [-0.15, -0.1) is 20.4 Å². The van der Waals surface area contributed by atoms with Crippen LogP contribution in [0, 0.1) is 0 Å². The molecule has 5 heterocycles. The molecule has 4 aromatic carbocycles. The minimum absolute atomic E-state index is 0.0593. The second-order valence-electron chi connectivity index (χ2n) is 20.0. The van der Waals surface area contributed by atoms with Crippen molar-refractivity contribution in [2.24, 2.45) is 0 Å². The van der Waals surface area contributed by atoms with Crippen molar-refractivity contribution in [3.8, 4) is 33.5 Å². The summed E-state index contributed by atoms with van der Waals surface area (Å²) in [4.78, 5) is 8.35. The predicted molar refractivity (Wildman–Crippen MR) is 288 cm³/mol. The van der Waals surface area contributed by atoms with Crippen molar-refractivity contribution in [1.82, 2.24) is 39.8 Å². The summed E-state index contributed by atoms with van der Waals surface area (Å²) in [7, 11) is -8.04. The second kappa shape index (κ2) is 21.2. The van der Waals surface area contributed by atoms with E-state index in [1.807, 2.05) is 125 Å². The number of fused-ring (bicyclic) bond motifs is 2. The van der Waals surface area contributed by atoms with Crippen LogP contribution in [0.5, 0.6) is 0 Å². The third-order valence-corrected chi connectivity index (χ3v) is 15.7. The quantitative estimate of drug-likeness (QED) is 0.137. The van der Waals surface area contributed by atoms with Crippen LogP contribution < -0.4 is 14.9 Å². The van der Waals surface area contributed by atoms with Crippen LogP contribution in [-0.2, 0) is 29.4 Å². The van der Waals surface area contributed by atoms with Crippen LogP contribution in [0.25, 0.3) is 55.1 Å². The van der Waals surface area contributed by atoms with Gasteiger partial charge in [0.1, 0.15) is 10.6 Å². The van der Waals surface area contributed by atoms with Gasteiger partial charge in [-0.3, -0.25) is 9.97 Å². The Hall–Kier alpha value is -5.47. The molecule has 9 rings (SSSR count). The Morgan fingerprint density at radius 1 is 0.500 bits per heavy atom. The van der Waals surface area contributed by atoms with Crippen LogP contribution in [0.2, 0.25) is 15.5 Å². The van der Waals surface area contributed by atoms with E-state index >= 15 is 0 Å². The van der Waals surface area contributed by atoms with Gasteiger partial charge < -0.3 is 9.31 Å². The van der Waals surface area contributed by atoms with Crippen LogP contribution in [0.15, 0.2) is 144 Å². The minimum Gasteiger partial charge on any atom is -0.399 e. The average Bonchev–Trinajstić information content (AvgIpc) is 3.55. The van der Waals surface area contributed by atoms with Crippen molar-refractivity contribution in [3.05, 3.63) is 149 Å². The molecule has 0 aliphatic carbocycles. The highest BCUT2D eigenvalue weighted by Gasteiger charge is 2.52. The molecule has 2 N–H and O–H groups in total. The molecule has 72 heavy (non-hydrogen) atoms. The monoisotopic (exact) mass is 1070 g/mol. The number of aromatic nitrogens is 6. The highest BCUT2D eigenvalue weighted by Crippen LogP contribution is 2.39. The maximum atomic E-state index is 12.8. The summed E-state index contributed by atoms with van der Waals surface area (Å²) in [5.41, 5.74) is 3.47. The lowest BCUT2D eigenvalue weighted by atomic mass is 9.80. The fraction of sp³-hybridized carbons (Fsp3) is 0.269. The number of nitrogens with one attached hydrogen (secondary N) is 2. The van der Waals surface area contributed by atoms with E-state index in [1.54, 1.807) is 66.1 Å². The zero-order chi connectivity index (χ0) is 52.4. The van der Waals surface area contributed by atoms with Gasteiger partial charge in [-0.1, -0.05) is 132 Å². The molecule has 4 aromatic heterocycles. The second-order valence-corrected chi connectivity index (χ2v) is 24.4. The Morgan fingerprint density at radius 3 is 1.43 bits per heavy atom. The van der Waals surface area contributed by atoms with E-state index < -0.39 is 49.4 Å². The maximum Gasteiger partial charge on any atom is 0.496 e. The number of hydrogen-bond donors (Lipinski definition) is 2. The standard InChI is InChI=1S/C23H21ClN4O2S.C15H25BN2O4S.C14H8Cl2N2/c1-23(2,3)28-31(29,30)17-12-16(13-25-14-17)21-19-11-7-10-18(15-8-5-4-6-9-15)20(19)22(24)27-26-21;1-13(2,3)18-23(19,20)12-8-11(9-17-10-12)16-21-14(4,5)15(6,7)22-16;15-13-11-8-4-7-10(9-5-2-1-3-6-9)12(11)14(16)18-17-13/h4-14,28H,1-3H3;8-10,18H,1-7H3;1-8H. The Balaban J connectivity index is 0.000000165. The summed E-state index contributed by atoms with van der Waals surface area (Å²) >= 11 is 18.7. The molecule has 0 unspecified atom stereocenters. The molecule has 0 saturated carbocycles. The summed E-state index contributed by atoms with van der Waals surface area (Å²) in [5, 5.41) is 20.3. The molecule has 14 nitrogen and oxygen atoms in total.